The summed E-state index contributed by atoms with van der Waals surface area (Å²) in [6.45, 7) is 1.54. The highest BCUT2D eigenvalue weighted by Crippen LogP contribution is 2.15. The maximum absolute atomic E-state index is 12.0. The number of aromatic nitrogens is 3. The minimum absolute atomic E-state index is 0.224. The molecule has 21 heavy (non-hydrogen) atoms. The van der Waals surface area contributed by atoms with Crippen molar-refractivity contribution < 1.29 is 9.53 Å². The monoisotopic (exact) mass is 350 g/mol. The van der Waals surface area contributed by atoms with E-state index in [0.29, 0.717) is 17.9 Å². The highest BCUT2D eigenvalue weighted by atomic mass is 79.9. The molecule has 1 aliphatic heterocycles. The Morgan fingerprint density at radius 1 is 1.48 bits per heavy atom. The minimum Gasteiger partial charge on any atom is -0.376 e. The lowest BCUT2D eigenvalue weighted by molar-refractivity contribution is 0.0940. The van der Waals surface area contributed by atoms with E-state index in [9.17, 15) is 4.79 Å². The molecular formula is C14H15BrN4O2. The second-order valence-corrected chi connectivity index (χ2v) is 5.82. The molecule has 1 N–H and O–H groups in total. The standard InChI is InChI=1S/C14H15BrN4O2/c15-10-3-4-13(16-6-10)14(20)18-11-7-17-19(8-11)9-12-2-1-5-21-12/h3-4,6-8,12H,1-2,5,9H2,(H,18,20). The van der Waals surface area contributed by atoms with E-state index in [2.05, 4.69) is 31.3 Å². The third-order valence-corrected chi connectivity index (χ3v) is 3.73. The molecule has 0 radical (unpaired) electrons. The first kappa shape index (κ1) is 14.2. The van der Waals surface area contributed by atoms with Crippen LogP contribution in [-0.2, 0) is 11.3 Å². The fourth-order valence-corrected chi connectivity index (χ4v) is 2.46. The Balaban J connectivity index is 1.61. The van der Waals surface area contributed by atoms with E-state index < -0.39 is 0 Å². The van der Waals surface area contributed by atoms with Gasteiger partial charge in [-0.3, -0.25) is 9.48 Å². The molecule has 2 aromatic rings. The van der Waals surface area contributed by atoms with Gasteiger partial charge in [0.15, 0.2) is 0 Å². The summed E-state index contributed by atoms with van der Waals surface area (Å²) in [5.74, 6) is -0.251. The number of nitrogens with zero attached hydrogens (tertiary/aromatic N) is 3. The zero-order chi connectivity index (χ0) is 14.7. The van der Waals surface area contributed by atoms with Crippen LogP contribution in [0, 0.1) is 0 Å². The van der Waals surface area contributed by atoms with Gasteiger partial charge in [0, 0.05) is 23.5 Å². The summed E-state index contributed by atoms with van der Waals surface area (Å²) in [6.07, 6.45) is 7.41. The lowest BCUT2D eigenvalue weighted by Gasteiger charge is -2.08. The molecule has 6 nitrogen and oxygen atoms in total. The zero-order valence-corrected chi connectivity index (χ0v) is 12.9. The molecule has 0 aliphatic carbocycles. The van der Waals surface area contributed by atoms with Gasteiger partial charge in [-0.1, -0.05) is 0 Å². The molecule has 0 bridgehead atoms. The molecule has 1 aliphatic rings. The van der Waals surface area contributed by atoms with Gasteiger partial charge in [0.25, 0.3) is 5.91 Å². The van der Waals surface area contributed by atoms with Crippen LogP contribution in [0.5, 0.6) is 0 Å². The van der Waals surface area contributed by atoms with Gasteiger partial charge in [0.1, 0.15) is 5.69 Å². The first-order chi connectivity index (χ1) is 10.2. The number of rotatable bonds is 4. The van der Waals surface area contributed by atoms with Crippen molar-refractivity contribution >= 4 is 27.5 Å². The van der Waals surface area contributed by atoms with Gasteiger partial charge in [0.05, 0.1) is 24.5 Å². The lowest BCUT2D eigenvalue weighted by Crippen LogP contribution is -2.15. The molecule has 1 unspecified atom stereocenters. The number of halogens is 1. The highest BCUT2D eigenvalue weighted by molar-refractivity contribution is 9.10. The normalized spacial score (nSPS) is 17.9. The Morgan fingerprint density at radius 3 is 3.10 bits per heavy atom. The number of anilines is 1. The molecule has 0 aromatic carbocycles. The number of ether oxygens (including phenoxy) is 1. The SMILES string of the molecule is O=C(Nc1cnn(CC2CCCO2)c1)c1ccc(Br)cn1. The molecule has 1 fully saturated rings. The van der Waals surface area contributed by atoms with Crippen LogP contribution in [0.4, 0.5) is 5.69 Å². The molecule has 3 heterocycles. The predicted octanol–water partition coefficient (Wildman–Crippen LogP) is 2.47. The summed E-state index contributed by atoms with van der Waals surface area (Å²) in [5.41, 5.74) is 1.02. The van der Waals surface area contributed by atoms with E-state index in [1.54, 1.807) is 35.4 Å². The van der Waals surface area contributed by atoms with Crippen LogP contribution in [0.25, 0.3) is 0 Å². The summed E-state index contributed by atoms with van der Waals surface area (Å²) in [4.78, 5) is 16.1. The number of hydrogen-bond acceptors (Lipinski definition) is 4. The van der Waals surface area contributed by atoms with Crippen LogP contribution in [0.2, 0.25) is 0 Å². The van der Waals surface area contributed by atoms with E-state index in [-0.39, 0.29) is 12.0 Å². The quantitative estimate of drug-likeness (QED) is 0.919. The number of amides is 1. The van der Waals surface area contributed by atoms with Crippen LogP contribution in [0.3, 0.4) is 0 Å². The van der Waals surface area contributed by atoms with Crippen molar-refractivity contribution in [2.75, 3.05) is 11.9 Å². The fourth-order valence-electron chi connectivity index (χ4n) is 2.23. The summed E-state index contributed by atoms with van der Waals surface area (Å²) in [5, 5.41) is 7.02. The van der Waals surface area contributed by atoms with E-state index >= 15 is 0 Å². The molecule has 0 saturated carbocycles. The summed E-state index contributed by atoms with van der Waals surface area (Å²) in [6, 6.07) is 3.44. The van der Waals surface area contributed by atoms with Crippen molar-refractivity contribution in [1.29, 1.82) is 0 Å². The van der Waals surface area contributed by atoms with Crippen LogP contribution in [-0.4, -0.2) is 33.4 Å². The molecular weight excluding hydrogens is 336 g/mol. The largest absolute Gasteiger partial charge is 0.376 e. The lowest BCUT2D eigenvalue weighted by atomic mass is 10.2. The average molecular weight is 351 g/mol. The van der Waals surface area contributed by atoms with E-state index in [4.69, 9.17) is 4.74 Å². The summed E-state index contributed by atoms with van der Waals surface area (Å²) in [7, 11) is 0. The van der Waals surface area contributed by atoms with Crippen molar-refractivity contribution in [3.8, 4) is 0 Å². The van der Waals surface area contributed by atoms with Gasteiger partial charge < -0.3 is 10.1 Å². The van der Waals surface area contributed by atoms with Crippen molar-refractivity contribution in [3.05, 3.63) is 40.9 Å². The summed E-state index contributed by atoms with van der Waals surface area (Å²) >= 11 is 3.29. The minimum atomic E-state index is -0.251. The maximum atomic E-state index is 12.0. The first-order valence-electron chi connectivity index (χ1n) is 6.78. The molecule has 1 atom stereocenters. The number of carbonyl (C=O) groups excluding carboxylic acids is 1. The highest BCUT2D eigenvalue weighted by Gasteiger charge is 2.16. The van der Waals surface area contributed by atoms with Crippen LogP contribution < -0.4 is 5.32 Å². The van der Waals surface area contributed by atoms with E-state index in [0.717, 1.165) is 23.9 Å². The third kappa shape index (κ3) is 3.68. The zero-order valence-electron chi connectivity index (χ0n) is 11.3. The molecule has 1 saturated heterocycles. The van der Waals surface area contributed by atoms with Crippen LogP contribution in [0.1, 0.15) is 23.3 Å². The van der Waals surface area contributed by atoms with Crippen molar-refractivity contribution in [2.24, 2.45) is 0 Å². The number of nitrogens with one attached hydrogen (secondary N) is 1. The van der Waals surface area contributed by atoms with E-state index in [1.165, 1.54) is 0 Å². The fraction of sp³-hybridized carbons (Fsp3) is 0.357. The van der Waals surface area contributed by atoms with Gasteiger partial charge in [-0.05, 0) is 40.9 Å². The third-order valence-electron chi connectivity index (χ3n) is 3.27. The van der Waals surface area contributed by atoms with Crippen molar-refractivity contribution in [3.63, 3.8) is 0 Å². The predicted molar refractivity (Wildman–Crippen MR) is 81.1 cm³/mol. The second-order valence-electron chi connectivity index (χ2n) is 4.90. The number of carbonyl (C=O) groups is 1. The van der Waals surface area contributed by atoms with Gasteiger partial charge in [-0.25, -0.2) is 4.98 Å². The summed E-state index contributed by atoms with van der Waals surface area (Å²) < 4.78 is 8.19. The van der Waals surface area contributed by atoms with Gasteiger partial charge in [-0.2, -0.15) is 5.10 Å². The second kappa shape index (κ2) is 6.36. The van der Waals surface area contributed by atoms with Gasteiger partial charge in [-0.15, -0.1) is 0 Å². The molecule has 110 valence electrons. The van der Waals surface area contributed by atoms with Crippen LogP contribution >= 0.6 is 15.9 Å². The van der Waals surface area contributed by atoms with Crippen molar-refractivity contribution in [1.82, 2.24) is 14.8 Å². The molecule has 7 heteroatoms. The van der Waals surface area contributed by atoms with Crippen LogP contribution in [0.15, 0.2) is 35.2 Å². The Labute approximate surface area is 130 Å². The van der Waals surface area contributed by atoms with E-state index in [1.807, 2.05) is 0 Å². The Bertz CT molecular complexity index is 620. The molecule has 3 rings (SSSR count). The Hall–Kier alpha value is -1.73. The van der Waals surface area contributed by atoms with Gasteiger partial charge >= 0.3 is 0 Å². The molecule has 2 aromatic heterocycles. The average Bonchev–Trinajstić information content (AvgIpc) is 3.12. The first-order valence-corrected chi connectivity index (χ1v) is 7.57. The smallest absolute Gasteiger partial charge is 0.274 e. The number of pyridine rings is 1. The molecule has 0 spiro atoms. The van der Waals surface area contributed by atoms with Crippen molar-refractivity contribution in [2.45, 2.75) is 25.5 Å². The maximum Gasteiger partial charge on any atom is 0.274 e. The Morgan fingerprint density at radius 2 is 2.38 bits per heavy atom. The Kier molecular flexibility index (Phi) is 4.31. The topological polar surface area (TPSA) is 69.0 Å². The van der Waals surface area contributed by atoms with Gasteiger partial charge in [0.2, 0.25) is 0 Å². The number of hydrogen-bond donors (Lipinski definition) is 1. The molecule has 1 amide bonds.